The Morgan fingerprint density at radius 1 is 0.667 bits per heavy atom. The number of methoxy groups -OCH3 is 4. The van der Waals surface area contributed by atoms with Crippen LogP contribution < -0.4 is 18.9 Å². The summed E-state index contributed by atoms with van der Waals surface area (Å²) in [6, 6.07) is 7.01. The maximum atomic E-state index is 13.2. The number of carbonyl (C=O) groups excluding carboxylic acids is 1. The zero-order chi connectivity index (χ0) is 17.9. The van der Waals surface area contributed by atoms with E-state index in [0.717, 1.165) is 16.9 Å². The fraction of sp³-hybridized carbons (Fsp3) is 0.316. The molecule has 2 aromatic rings. The van der Waals surface area contributed by atoms with E-state index in [9.17, 15) is 4.79 Å². The standard InChI is InChI=1S/C19H22O5/c1-11-7-13(21-3)8-12(2)17(11)19(20)18-15(23-5)9-14(22-4)10-16(18)24-6/h7-10H,1-6H3. The number of ether oxygens (including phenoxy) is 4. The van der Waals surface area contributed by atoms with Crippen LogP contribution in [0.25, 0.3) is 0 Å². The van der Waals surface area contributed by atoms with Crippen molar-refractivity contribution in [1.82, 2.24) is 0 Å². The highest BCUT2D eigenvalue weighted by Crippen LogP contribution is 2.37. The van der Waals surface area contributed by atoms with Crippen LogP contribution in [-0.4, -0.2) is 34.2 Å². The van der Waals surface area contributed by atoms with E-state index in [4.69, 9.17) is 18.9 Å². The molecule has 5 heteroatoms. The molecule has 0 amide bonds. The van der Waals surface area contributed by atoms with Crippen molar-refractivity contribution in [2.24, 2.45) is 0 Å². The van der Waals surface area contributed by atoms with E-state index in [2.05, 4.69) is 0 Å². The van der Waals surface area contributed by atoms with E-state index in [1.54, 1.807) is 26.4 Å². The summed E-state index contributed by atoms with van der Waals surface area (Å²) in [6.45, 7) is 3.76. The third kappa shape index (κ3) is 3.15. The van der Waals surface area contributed by atoms with Gasteiger partial charge in [-0.05, 0) is 37.1 Å². The first kappa shape index (κ1) is 17.7. The van der Waals surface area contributed by atoms with Crippen molar-refractivity contribution in [1.29, 1.82) is 0 Å². The summed E-state index contributed by atoms with van der Waals surface area (Å²) in [4.78, 5) is 13.2. The Kier molecular flexibility index (Phi) is 5.34. The second-order valence-electron chi connectivity index (χ2n) is 5.37. The number of benzene rings is 2. The molecule has 0 saturated carbocycles. The average Bonchev–Trinajstić information content (AvgIpc) is 2.59. The van der Waals surface area contributed by atoms with Gasteiger partial charge in [-0.15, -0.1) is 0 Å². The summed E-state index contributed by atoms with van der Waals surface area (Å²) >= 11 is 0. The number of hydrogen-bond donors (Lipinski definition) is 0. The molecule has 0 aliphatic rings. The third-order valence-corrected chi connectivity index (χ3v) is 3.91. The maximum absolute atomic E-state index is 13.2. The first-order chi connectivity index (χ1) is 11.5. The Morgan fingerprint density at radius 3 is 1.46 bits per heavy atom. The van der Waals surface area contributed by atoms with Crippen LogP contribution in [0, 0.1) is 13.8 Å². The number of aryl methyl sites for hydroxylation is 2. The highest BCUT2D eigenvalue weighted by Gasteiger charge is 2.24. The fourth-order valence-corrected chi connectivity index (χ4v) is 2.75. The summed E-state index contributed by atoms with van der Waals surface area (Å²) in [5.41, 5.74) is 2.64. The second kappa shape index (κ2) is 7.25. The Labute approximate surface area is 142 Å². The van der Waals surface area contributed by atoms with E-state index in [1.807, 2.05) is 26.0 Å². The van der Waals surface area contributed by atoms with E-state index in [-0.39, 0.29) is 5.78 Å². The van der Waals surface area contributed by atoms with Crippen molar-refractivity contribution in [2.45, 2.75) is 13.8 Å². The van der Waals surface area contributed by atoms with Gasteiger partial charge in [0.1, 0.15) is 28.6 Å². The monoisotopic (exact) mass is 330 g/mol. The van der Waals surface area contributed by atoms with Crippen LogP contribution in [-0.2, 0) is 0 Å². The molecular weight excluding hydrogens is 308 g/mol. The first-order valence-electron chi connectivity index (χ1n) is 7.46. The lowest BCUT2D eigenvalue weighted by Gasteiger charge is -2.17. The van der Waals surface area contributed by atoms with E-state index >= 15 is 0 Å². The molecule has 0 saturated heterocycles. The number of carbonyl (C=O) groups is 1. The molecular formula is C19H22O5. The molecule has 5 nitrogen and oxygen atoms in total. The highest BCUT2D eigenvalue weighted by atomic mass is 16.5. The molecule has 0 aromatic heterocycles. The normalized spacial score (nSPS) is 10.2. The summed E-state index contributed by atoms with van der Waals surface area (Å²) < 4.78 is 21.3. The second-order valence-corrected chi connectivity index (χ2v) is 5.37. The topological polar surface area (TPSA) is 54.0 Å². The van der Waals surface area contributed by atoms with E-state index in [0.29, 0.717) is 28.4 Å². The average molecular weight is 330 g/mol. The summed E-state index contributed by atoms with van der Waals surface area (Å²) in [5.74, 6) is 1.93. The van der Waals surface area contributed by atoms with Crippen molar-refractivity contribution in [2.75, 3.05) is 28.4 Å². The van der Waals surface area contributed by atoms with Gasteiger partial charge in [0.25, 0.3) is 0 Å². The van der Waals surface area contributed by atoms with Crippen LogP contribution in [0.3, 0.4) is 0 Å². The van der Waals surface area contributed by atoms with Crippen molar-refractivity contribution in [3.8, 4) is 23.0 Å². The molecule has 128 valence electrons. The Bertz CT molecular complexity index is 716. The SMILES string of the molecule is COc1cc(C)c(C(=O)c2c(OC)cc(OC)cc2OC)c(C)c1. The van der Waals surface area contributed by atoms with E-state index in [1.165, 1.54) is 14.2 Å². The molecule has 0 spiro atoms. The summed E-state index contributed by atoms with van der Waals surface area (Å²) in [5, 5.41) is 0. The molecule has 0 heterocycles. The largest absolute Gasteiger partial charge is 0.497 e. The fourth-order valence-electron chi connectivity index (χ4n) is 2.75. The minimum atomic E-state index is -0.163. The van der Waals surface area contributed by atoms with Crippen molar-refractivity contribution < 1.29 is 23.7 Å². The molecule has 0 aliphatic heterocycles. The summed E-state index contributed by atoms with van der Waals surface area (Å²) in [7, 11) is 6.18. The number of rotatable bonds is 6. The molecule has 0 atom stereocenters. The smallest absolute Gasteiger partial charge is 0.201 e. The lowest BCUT2D eigenvalue weighted by molar-refractivity contribution is 0.103. The minimum Gasteiger partial charge on any atom is -0.497 e. The summed E-state index contributed by atoms with van der Waals surface area (Å²) in [6.07, 6.45) is 0. The molecule has 0 N–H and O–H groups in total. The lowest BCUT2D eigenvalue weighted by atomic mass is 9.93. The van der Waals surface area contributed by atoms with Gasteiger partial charge in [0.2, 0.25) is 5.78 Å². The number of ketones is 1. The van der Waals surface area contributed by atoms with Crippen LogP contribution in [0.1, 0.15) is 27.0 Å². The first-order valence-corrected chi connectivity index (χ1v) is 7.46. The van der Waals surface area contributed by atoms with Gasteiger partial charge in [-0.2, -0.15) is 0 Å². The molecule has 2 aromatic carbocycles. The minimum absolute atomic E-state index is 0.163. The van der Waals surface area contributed by atoms with Gasteiger partial charge in [-0.3, -0.25) is 4.79 Å². The van der Waals surface area contributed by atoms with Crippen molar-refractivity contribution in [3.63, 3.8) is 0 Å². The van der Waals surface area contributed by atoms with Gasteiger partial charge >= 0.3 is 0 Å². The molecule has 0 fully saturated rings. The van der Waals surface area contributed by atoms with Crippen LogP contribution in [0.2, 0.25) is 0 Å². The molecule has 24 heavy (non-hydrogen) atoms. The maximum Gasteiger partial charge on any atom is 0.201 e. The van der Waals surface area contributed by atoms with Crippen LogP contribution in [0.5, 0.6) is 23.0 Å². The molecule has 0 unspecified atom stereocenters. The lowest BCUT2D eigenvalue weighted by Crippen LogP contribution is -2.10. The quantitative estimate of drug-likeness (QED) is 0.758. The Morgan fingerprint density at radius 2 is 1.08 bits per heavy atom. The van der Waals surface area contributed by atoms with Crippen molar-refractivity contribution in [3.05, 3.63) is 46.5 Å². The Balaban J connectivity index is 2.66. The number of hydrogen-bond acceptors (Lipinski definition) is 5. The van der Waals surface area contributed by atoms with Gasteiger partial charge in [-0.25, -0.2) is 0 Å². The van der Waals surface area contributed by atoms with E-state index < -0.39 is 0 Å². The molecule has 0 aliphatic carbocycles. The molecule has 2 rings (SSSR count). The van der Waals surface area contributed by atoms with Gasteiger partial charge < -0.3 is 18.9 Å². The third-order valence-electron chi connectivity index (χ3n) is 3.91. The predicted octanol–water partition coefficient (Wildman–Crippen LogP) is 3.57. The van der Waals surface area contributed by atoms with Crippen molar-refractivity contribution >= 4 is 5.78 Å². The zero-order valence-corrected chi connectivity index (χ0v) is 14.9. The molecule has 0 bridgehead atoms. The van der Waals surface area contributed by atoms with Crippen LogP contribution in [0.15, 0.2) is 24.3 Å². The predicted molar refractivity (Wildman–Crippen MR) is 92.0 cm³/mol. The van der Waals surface area contributed by atoms with Gasteiger partial charge in [-0.1, -0.05) is 0 Å². The Hall–Kier alpha value is -2.69. The van der Waals surface area contributed by atoms with Gasteiger partial charge in [0, 0.05) is 17.7 Å². The van der Waals surface area contributed by atoms with Crippen LogP contribution in [0.4, 0.5) is 0 Å². The zero-order valence-electron chi connectivity index (χ0n) is 14.9. The highest BCUT2D eigenvalue weighted by molar-refractivity contribution is 6.14. The van der Waals surface area contributed by atoms with Gasteiger partial charge in [0.05, 0.1) is 28.4 Å². The molecule has 0 radical (unpaired) electrons. The van der Waals surface area contributed by atoms with Gasteiger partial charge in [0.15, 0.2) is 0 Å². The van der Waals surface area contributed by atoms with Crippen LogP contribution >= 0.6 is 0 Å².